The maximum Gasteiger partial charge on any atom is 0.296 e. The Balaban J connectivity index is 1.78. The highest BCUT2D eigenvalue weighted by atomic mass is 16.6. The monoisotopic (exact) mass is 373 g/mol. The van der Waals surface area contributed by atoms with Crippen molar-refractivity contribution in [2.24, 2.45) is 0 Å². The second kappa shape index (κ2) is 10.1. The number of benzene rings is 2. The highest BCUT2D eigenvalue weighted by Gasteiger charge is 2.17. The van der Waals surface area contributed by atoms with Gasteiger partial charge < -0.3 is 19.7 Å². The van der Waals surface area contributed by atoms with E-state index in [4.69, 9.17) is 9.47 Å². The van der Waals surface area contributed by atoms with E-state index < -0.39 is 4.92 Å². The lowest BCUT2D eigenvalue weighted by atomic mass is 10.2. The average molecular weight is 373 g/mol. The molecule has 0 bridgehead atoms. The molecule has 0 aromatic heterocycles. The van der Waals surface area contributed by atoms with Gasteiger partial charge in [0.1, 0.15) is 23.8 Å². The molecule has 27 heavy (non-hydrogen) atoms. The molecule has 2 rings (SSSR count). The summed E-state index contributed by atoms with van der Waals surface area (Å²) in [5.74, 6) is 0.868. The van der Waals surface area contributed by atoms with Crippen molar-refractivity contribution in [2.75, 3.05) is 39.2 Å². The van der Waals surface area contributed by atoms with Crippen LogP contribution in [0.3, 0.4) is 0 Å². The minimum absolute atomic E-state index is 0.154. The summed E-state index contributed by atoms with van der Waals surface area (Å²) in [4.78, 5) is 24.7. The van der Waals surface area contributed by atoms with Crippen molar-refractivity contribution in [2.45, 2.75) is 6.42 Å². The van der Waals surface area contributed by atoms with E-state index in [1.54, 1.807) is 6.07 Å². The van der Waals surface area contributed by atoms with Crippen LogP contribution in [-0.2, 0) is 4.79 Å². The van der Waals surface area contributed by atoms with Crippen molar-refractivity contribution < 1.29 is 19.2 Å². The third-order valence-corrected chi connectivity index (χ3v) is 3.88. The Morgan fingerprint density at radius 1 is 1.15 bits per heavy atom. The molecular formula is C19H23N3O5. The maximum atomic E-state index is 12.1. The van der Waals surface area contributed by atoms with Crippen LogP contribution in [-0.4, -0.2) is 49.6 Å². The van der Waals surface area contributed by atoms with Crippen LogP contribution in [0.25, 0.3) is 0 Å². The van der Waals surface area contributed by atoms with Crippen LogP contribution in [0.2, 0.25) is 0 Å². The van der Waals surface area contributed by atoms with Crippen molar-refractivity contribution >= 4 is 17.3 Å². The third-order valence-electron chi connectivity index (χ3n) is 3.88. The minimum Gasteiger partial charge on any atom is -0.496 e. The van der Waals surface area contributed by atoms with Crippen LogP contribution in [0.15, 0.2) is 48.5 Å². The lowest BCUT2D eigenvalue weighted by molar-refractivity contribution is -0.384. The van der Waals surface area contributed by atoms with E-state index in [9.17, 15) is 14.9 Å². The highest BCUT2D eigenvalue weighted by Crippen LogP contribution is 2.28. The number of carbonyl (C=O) groups excluding carboxylic acids is 1. The van der Waals surface area contributed by atoms with E-state index in [0.717, 1.165) is 5.75 Å². The van der Waals surface area contributed by atoms with E-state index in [1.165, 1.54) is 19.2 Å². The molecule has 8 nitrogen and oxygen atoms in total. The first-order valence-corrected chi connectivity index (χ1v) is 8.48. The van der Waals surface area contributed by atoms with Crippen LogP contribution in [0.5, 0.6) is 11.5 Å². The number of ether oxygens (including phenoxy) is 2. The van der Waals surface area contributed by atoms with Gasteiger partial charge in [0, 0.05) is 19.5 Å². The average Bonchev–Trinajstić information content (AvgIpc) is 2.67. The number of carbonyl (C=O) groups is 1. The second-order valence-electron chi connectivity index (χ2n) is 5.90. The number of nitro benzene ring substituents is 1. The van der Waals surface area contributed by atoms with Crippen molar-refractivity contribution in [3.63, 3.8) is 0 Å². The molecule has 0 radical (unpaired) electrons. The number of amides is 1. The Labute approximate surface area is 157 Å². The van der Waals surface area contributed by atoms with E-state index in [0.29, 0.717) is 25.4 Å². The summed E-state index contributed by atoms with van der Waals surface area (Å²) in [6, 6.07) is 13.8. The van der Waals surface area contributed by atoms with Gasteiger partial charge in [-0.2, -0.15) is 0 Å². The third kappa shape index (κ3) is 6.59. The Bertz CT molecular complexity index is 767. The van der Waals surface area contributed by atoms with Gasteiger partial charge in [0.2, 0.25) is 5.91 Å². The number of methoxy groups -OCH3 is 1. The molecule has 0 fully saturated rings. The molecule has 0 aliphatic carbocycles. The van der Waals surface area contributed by atoms with Crippen molar-refractivity contribution in [3.05, 3.63) is 58.6 Å². The largest absolute Gasteiger partial charge is 0.496 e. The Morgan fingerprint density at radius 2 is 1.89 bits per heavy atom. The number of para-hydroxylation sites is 1. The predicted molar refractivity (Wildman–Crippen MR) is 102 cm³/mol. The number of hydrogen-bond acceptors (Lipinski definition) is 6. The molecule has 2 aromatic rings. The molecule has 0 saturated heterocycles. The lowest BCUT2D eigenvalue weighted by Crippen LogP contribution is -2.28. The molecule has 2 aromatic carbocycles. The van der Waals surface area contributed by atoms with Gasteiger partial charge in [0.05, 0.1) is 18.1 Å². The zero-order valence-corrected chi connectivity index (χ0v) is 15.4. The molecule has 0 unspecified atom stereocenters. The molecule has 0 spiro atoms. The maximum absolute atomic E-state index is 12.1. The summed E-state index contributed by atoms with van der Waals surface area (Å²) in [5, 5.41) is 13.7. The smallest absolute Gasteiger partial charge is 0.296 e. The number of nitrogens with zero attached hydrogens (tertiary/aromatic N) is 2. The molecule has 144 valence electrons. The SMILES string of the molecule is COc1ccc(NC(=O)CCN(C)CCOc2ccccc2)c([N+](=O)[O-])c1. The van der Waals surface area contributed by atoms with Gasteiger partial charge >= 0.3 is 0 Å². The van der Waals surface area contributed by atoms with Crippen LogP contribution in [0.1, 0.15) is 6.42 Å². The quantitative estimate of drug-likeness (QED) is 0.508. The fourth-order valence-corrected chi connectivity index (χ4v) is 2.35. The summed E-state index contributed by atoms with van der Waals surface area (Å²) < 4.78 is 10.6. The Kier molecular flexibility index (Phi) is 7.57. The Hall–Kier alpha value is -3.13. The fourth-order valence-electron chi connectivity index (χ4n) is 2.35. The number of nitro groups is 1. The standard InChI is InChI=1S/C19H23N3O5/c1-21(12-13-27-15-6-4-3-5-7-15)11-10-19(23)20-17-9-8-16(26-2)14-18(17)22(24)25/h3-9,14H,10-13H2,1-2H3,(H,20,23). The highest BCUT2D eigenvalue weighted by molar-refractivity contribution is 5.93. The van der Waals surface area contributed by atoms with Crippen LogP contribution in [0.4, 0.5) is 11.4 Å². The minimum atomic E-state index is -0.550. The summed E-state index contributed by atoms with van der Waals surface area (Å²) in [5.41, 5.74) is -0.0480. The topological polar surface area (TPSA) is 93.9 Å². The number of anilines is 1. The van der Waals surface area contributed by atoms with Crippen molar-refractivity contribution in [1.29, 1.82) is 0 Å². The molecule has 0 heterocycles. The molecule has 0 atom stereocenters. The molecule has 8 heteroatoms. The number of hydrogen-bond donors (Lipinski definition) is 1. The number of nitrogens with one attached hydrogen (secondary N) is 1. The molecule has 1 amide bonds. The first-order chi connectivity index (χ1) is 13.0. The van der Waals surface area contributed by atoms with Crippen LogP contribution in [0, 0.1) is 10.1 Å². The zero-order chi connectivity index (χ0) is 19.6. The van der Waals surface area contributed by atoms with E-state index >= 15 is 0 Å². The summed E-state index contributed by atoms with van der Waals surface area (Å²) in [6.07, 6.45) is 0.213. The van der Waals surface area contributed by atoms with Crippen molar-refractivity contribution in [1.82, 2.24) is 4.90 Å². The summed E-state index contributed by atoms with van der Waals surface area (Å²) in [6.45, 7) is 1.67. The first-order valence-electron chi connectivity index (χ1n) is 8.48. The van der Waals surface area contributed by atoms with Gasteiger partial charge in [-0.15, -0.1) is 0 Å². The molecular weight excluding hydrogens is 350 g/mol. The van der Waals surface area contributed by atoms with Gasteiger partial charge in [-0.1, -0.05) is 18.2 Å². The molecule has 1 N–H and O–H groups in total. The zero-order valence-electron chi connectivity index (χ0n) is 15.4. The van der Waals surface area contributed by atoms with E-state index in [2.05, 4.69) is 5.32 Å². The number of rotatable bonds is 10. The van der Waals surface area contributed by atoms with Gasteiger partial charge in [0.25, 0.3) is 5.69 Å². The van der Waals surface area contributed by atoms with Gasteiger partial charge in [-0.3, -0.25) is 14.9 Å². The van der Waals surface area contributed by atoms with Gasteiger partial charge in [-0.05, 0) is 31.3 Å². The van der Waals surface area contributed by atoms with Gasteiger partial charge in [0.15, 0.2) is 0 Å². The van der Waals surface area contributed by atoms with Crippen LogP contribution >= 0.6 is 0 Å². The summed E-state index contributed by atoms with van der Waals surface area (Å²) in [7, 11) is 3.31. The van der Waals surface area contributed by atoms with Crippen LogP contribution < -0.4 is 14.8 Å². The Morgan fingerprint density at radius 3 is 2.56 bits per heavy atom. The summed E-state index contributed by atoms with van der Waals surface area (Å²) >= 11 is 0. The molecule has 0 saturated carbocycles. The van der Waals surface area contributed by atoms with E-state index in [1.807, 2.05) is 42.3 Å². The fraction of sp³-hybridized carbons (Fsp3) is 0.316. The normalized spacial score (nSPS) is 10.5. The molecule has 0 aliphatic rings. The van der Waals surface area contributed by atoms with Gasteiger partial charge in [-0.25, -0.2) is 0 Å². The van der Waals surface area contributed by atoms with E-state index in [-0.39, 0.29) is 23.7 Å². The second-order valence-corrected chi connectivity index (χ2v) is 5.90. The first kappa shape index (κ1) is 20.2. The lowest BCUT2D eigenvalue weighted by Gasteiger charge is -2.16. The van der Waals surface area contributed by atoms with Crippen molar-refractivity contribution in [3.8, 4) is 11.5 Å². The molecule has 0 aliphatic heterocycles. The number of likely N-dealkylation sites (N-methyl/N-ethyl adjacent to an activating group) is 1. The predicted octanol–water partition coefficient (Wildman–Crippen LogP) is 2.94.